The molecule has 134 valence electrons. The Kier molecular flexibility index (Phi) is 5.14. The summed E-state index contributed by atoms with van der Waals surface area (Å²) in [6, 6.07) is 17.3. The lowest BCUT2D eigenvalue weighted by Crippen LogP contribution is -2.52. The molecule has 0 N–H and O–H groups in total. The van der Waals surface area contributed by atoms with Crippen LogP contribution < -0.4 is 4.74 Å². The quantitative estimate of drug-likeness (QED) is 0.803. The van der Waals surface area contributed by atoms with E-state index in [0.717, 1.165) is 37.6 Å². The Morgan fingerprint density at radius 2 is 2.08 bits per heavy atom. The number of nitrogens with zero attached hydrogens (tertiary/aromatic N) is 4. The van der Waals surface area contributed by atoms with Crippen molar-refractivity contribution < 1.29 is 4.74 Å². The molecular weight excluding hydrogens is 324 g/mol. The summed E-state index contributed by atoms with van der Waals surface area (Å²) in [6.07, 6.45) is 4.30. The van der Waals surface area contributed by atoms with Crippen molar-refractivity contribution >= 4 is 0 Å². The van der Waals surface area contributed by atoms with Gasteiger partial charge < -0.3 is 4.74 Å². The minimum atomic E-state index is 0.0276. The molecule has 26 heavy (non-hydrogen) atoms. The second-order valence-corrected chi connectivity index (χ2v) is 7.11. The van der Waals surface area contributed by atoms with Gasteiger partial charge >= 0.3 is 0 Å². The van der Waals surface area contributed by atoms with E-state index in [4.69, 9.17) is 4.74 Å². The van der Waals surface area contributed by atoms with Crippen LogP contribution in [0.1, 0.15) is 24.1 Å². The molecule has 1 aromatic carbocycles. The highest BCUT2D eigenvalue weighted by molar-refractivity contribution is 5.28. The summed E-state index contributed by atoms with van der Waals surface area (Å²) in [6.45, 7) is 4.18. The van der Waals surface area contributed by atoms with Crippen LogP contribution in [0.4, 0.5) is 0 Å². The van der Waals surface area contributed by atoms with E-state index < -0.39 is 0 Å². The molecular formula is C21H24N4O. The van der Waals surface area contributed by atoms with Crippen LogP contribution in [0, 0.1) is 11.3 Å². The highest BCUT2D eigenvalue weighted by atomic mass is 16.5. The van der Waals surface area contributed by atoms with Gasteiger partial charge in [-0.2, -0.15) is 5.26 Å². The van der Waals surface area contributed by atoms with Gasteiger partial charge in [-0.3, -0.25) is 14.8 Å². The van der Waals surface area contributed by atoms with E-state index in [2.05, 4.69) is 33.0 Å². The first-order valence-electron chi connectivity index (χ1n) is 9.31. The smallest absolute Gasteiger partial charge is 0.130 e. The van der Waals surface area contributed by atoms with E-state index >= 15 is 0 Å². The van der Waals surface area contributed by atoms with Gasteiger partial charge in [-0.05, 0) is 42.7 Å². The first kappa shape index (κ1) is 17.0. The zero-order valence-electron chi connectivity index (χ0n) is 14.9. The van der Waals surface area contributed by atoms with Crippen LogP contribution in [0.3, 0.4) is 0 Å². The Hall–Kier alpha value is -2.42. The average Bonchev–Trinajstić information content (AvgIpc) is 3.52. The summed E-state index contributed by atoms with van der Waals surface area (Å²) in [5.41, 5.74) is 2.14. The monoisotopic (exact) mass is 348 g/mol. The molecule has 1 unspecified atom stereocenters. The van der Waals surface area contributed by atoms with Gasteiger partial charge in [-0.15, -0.1) is 0 Å². The van der Waals surface area contributed by atoms with Crippen molar-refractivity contribution in [2.75, 3.05) is 19.6 Å². The van der Waals surface area contributed by atoms with E-state index in [-0.39, 0.29) is 6.04 Å². The molecule has 0 bridgehead atoms. The number of hydrogen-bond donors (Lipinski definition) is 0. The summed E-state index contributed by atoms with van der Waals surface area (Å²) >= 11 is 0. The van der Waals surface area contributed by atoms with Gasteiger partial charge in [0, 0.05) is 38.4 Å². The number of piperazine rings is 1. The Bertz CT molecular complexity index is 769. The predicted octanol–water partition coefficient (Wildman–Crippen LogP) is 2.83. The topological polar surface area (TPSA) is 52.4 Å². The molecule has 2 aromatic rings. The molecule has 1 atom stereocenters. The SMILES string of the molecule is N#CC1CN(Cc2cccc(OCc3ccccn3)c2)CCN1C1CC1. The van der Waals surface area contributed by atoms with Crippen molar-refractivity contribution in [2.24, 2.45) is 0 Å². The lowest BCUT2D eigenvalue weighted by molar-refractivity contribution is 0.0897. The Balaban J connectivity index is 1.34. The van der Waals surface area contributed by atoms with E-state index in [1.54, 1.807) is 6.20 Å². The highest BCUT2D eigenvalue weighted by Crippen LogP contribution is 2.30. The summed E-state index contributed by atoms with van der Waals surface area (Å²) in [5.74, 6) is 0.863. The molecule has 1 aliphatic heterocycles. The molecule has 0 spiro atoms. The number of benzene rings is 1. The summed E-state index contributed by atoms with van der Waals surface area (Å²) in [7, 11) is 0. The molecule has 1 aromatic heterocycles. The van der Waals surface area contributed by atoms with Crippen LogP contribution in [-0.4, -0.2) is 46.5 Å². The fourth-order valence-corrected chi connectivity index (χ4v) is 3.59. The summed E-state index contributed by atoms with van der Waals surface area (Å²) in [4.78, 5) is 9.06. The maximum Gasteiger partial charge on any atom is 0.130 e. The third kappa shape index (κ3) is 4.21. The maximum absolute atomic E-state index is 9.50. The number of ether oxygens (including phenoxy) is 1. The Morgan fingerprint density at radius 1 is 1.15 bits per heavy atom. The van der Waals surface area contributed by atoms with Gasteiger partial charge in [-0.1, -0.05) is 18.2 Å². The van der Waals surface area contributed by atoms with Gasteiger partial charge in [0.05, 0.1) is 11.8 Å². The number of rotatable bonds is 6. The largest absolute Gasteiger partial charge is 0.487 e. The van der Waals surface area contributed by atoms with Crippen molar-refractivity contribution in [1.82, 2.24) is 14.8 Å². The van der Waals surface area contributed by atoms with Crippen molar-refractivity contribution in [3.63, 3.8) is 0 Å². The van der Waals surface area contributed by atoms with E-state index in [0.29, 0.717) is 12.6 Å². The first-order chi connectivity index (χ1) is 12.8. The van der Waals surface area contributed by atoms with Crippen LogP contribution in [0.15, 0.2) is 48.7 Å². The van der Waals surface area contributed by atoms with Crippen LogP contribution in [-0.2, 0) is 13.2 Å². The van der Waals surface area contributed by atoms with Crippen molar-refractivity contribution in [3.8, 4) is 11.8 Å². The van der Waals surface area contributed by atoms with Crippen molar-refractivity contribution in [2.45, 2.75) is 38.1 Å². The lowest BCUT2D eigenvalue weighted by atomic mass is 10.1. The van der Waals surface area contributed by atoms with Gasteiger partial charge in [0.15, 0.2) is 0 Å². The Labute approximate surface area is 154 Å². The lowest BCUT2D eigenvalue weighted by Gasteiger charge is -2.38. The second-order valence-electron chi connectivity index (χ2n) is 7.11. The van der Waals surface area contributed by atoms with Gasteiger partial charge in [0.1, 0.15) is 18.4 Å². The molecule has 1 saturated heterocycles. The minimum absolute atomic E-state index is 0.0276. The first-order valence-corrected chi connectivity index (χ1v) is 9.31. The van der Waals surface area contributed by atoms with Crippen LogP contribution in [0.5, 0.6) is 5.75 Å². The molecule has 2 fully saturated rings. The van der Waals surface area contributed by atoms with Crippen LogP contribution >= 0.6 is 0 Å². The van der Waals surface area contributed by atoms with Gasteiger partial charge in [0.2, 0.25) is 0 Å². The minimum Gasteiger partial charge on any atom is -0.487 e. The third-order valence-corrected chi connectivity index (χ3v) is 5.09. The van der Waals surface area contributed by atoms with Crippen molar-refractivity contribution in [1.29, 1.82) is 5.26 Å². The average molecular weight is 348 g/mol. The summed E-state index contributed by atoms with van der Waals surface area (Å²) in [5, 5.41) is 9.50. The van der Waals surface area contributed by atoms with E-state index in [1.165, 1.54) is 18.4 Å². The Morgan fingerprint density at radius 3 is 2.85 bits per heavy atom. The summed E-state index contributed by atoms with van der Waals surface area (Å²) < 4.78 is 5.88. The van der Waals surface area contributed by atoms with Crippen LogP contribution in [0.2, 0.25) is 0 Å². The molecule has 2 aliphatic rings. The molecule has 2 heterocycles. The van der Waals surface area contributed by atoms with Crippen LogP contribution in [0.25, 0.3) is 0 Å². The molecule has 4 rings (SSSR count). The number of pyridine rings is 1. The van der Waals surface area contributed by atoms with E-state index in [9.17, 15) is 5.26 Å². The zero-order chi connectivity index (χ0) is 17.8. The standard InChI is InChI=1S/C21H24N4O/c22-13-20-15-24(10-11-25(20)19-7-8-19)14-17-4-3-6-21(12-17)26-16-18-5-1-2-9-23-18/h1-6,9,12,19-20H,7-8,10-11,14-16H2. The van der Waals surface area contributed by atoms with E-state index in [1.807, 2.05) is 30.3 Å². The molecule has 1 aliphatic carbocycles. The third-order valence-electron chi connectivity index (χ3n) is 5.09. The molecule has 1 saturated carbocycles. The number of aromatic nitrogens is 1. The molecule has 0 amide bonds. The predicted molar refractivity (Wildman–Crippen MR) is 99.4 cm³/mol. The fraction of sp³-hybridized carbons (Fsp3) is 0.429. The molecule has 5 heteroatoms. The second kappa shape index (κ2) is 7.86. The zero-order valence-corrected chi connectivity index (χ0v) is 14.9. The maximum atomic E-state index is 9.50. The normalized spacial score (nSPS) is 21.3. The van der Waals surface area contributed by atoms with Gasteiger partial charge in [-0.25, -0.2) is 0 Å². The number of hydrogen-bond acceptors (Lipinski definition) is 5. The fourth-order valence-electron chi connectivity index (χ4n) is 3.59. The number of nitriles is 1. The van der Waals surface area contributed by atoms with Crippen molar-refractivity contribution in [3.05, 3.63) is 59.9 Å². The molecule has 0 radical (unpaired) electrons. The van der Waals surface area contributed by atoms with Gasteiger partial charge in [0.25, 0.3) is 0 Å². The highest BCUT2D eigenvalue weighted by Gasteiger charge is 2.37. The molecule has 5 nitrogen and oxygen atoms in total.